The monoisotopic (exact) mass is 402 g/mol. The fraction of sp³-hybridized carbons (Fsp3) is 0.650. The van der Waals surface area contributed by atoms with Crippen LogP contribution in [-0.4, -0.2) is 53.8 Å². The number of piperazine rings is 1. The molecule has 8 heteroatoms. The van der Waals surface area contributed by atoms with Gasteiger partial charge in [0, 0.05) is 37.8 Å². The molecule has 1 aliphatic heterocycles. The van der Waals surface area contributed by atoms with Crippen LogP contribution in [0.2, 0.25) is 0 Å². The molecule has 0 aliphatic carbocycles. The molecular weight excluding hydrogens is 373 g/mol. The molecule has 158 valence electrons. The topological polar surface area (TPSA) is 42.0 Å². The summed E-state index contributed by atoms with van der Waals surface area (Å²) in [7, 11) is 0. The van der Waals surface area contributed by atoms with Crippen LogP contribution in [0.4, 0.5) is 18.0 Å². The van der Waals surface area contributed by atoms with E-state index in [9.17, 15) is 18.0 Å². The van der Waals surface area contributed by atoms with E-state index in [1.807, 2.05) is 32.6 Å². The first kappa shape index (κ1) is 22.3. The lowest BCUT2D eigenvalue weighted by Crippen LogP contribution is -2.54. The first-order valence-corrected chi connectivity index (χ1v) is 9.45. The normalized spacial score (nSPS) is 18.9. The van der Waals surface area contributed by atoms with Gasteiger partial charge in [-0.3, -0.25) is 4.90 Å². The number of carbonyl (C=O) groups is 1. The Hall–Kier alpha value is -1.96. The maximum Gasteiger partial charge on any atom is 0.416 e. The number of ether oxygens (including phenoxy) is 2. The summed E-state index contributed by atoms with van der Waals surface area (Å²) in [5.74, 6) is 0.456. The Labute approximate surface area is 164 Å². The Bertz CT molecular complexity index is 686. The van der Waals surface area contributed by atoms with Crippen LogP contribution in [0.5, 0.6) is 5.75 Å². The molecule has 0 saturated carbocycles. The average molecular weight is 402 g/mol. The third-order valence-corrected chi connectivity index (χ3v) is 4.42. The maximum atomic E-state index is 13.1. The van der Waals surface area contributed by atoms with Crippen molar-refractivity contribution >= 4 is 6.09 Å². The van der Waals surface area contributed by atoms with Crippen molar-refractivity contribution in [1.82, 2.24) is 9.80 Å². The SMILES string of the molecule is CCOc1ccc(C(F)(F)F)cc1CN1CCN(C(=O)OC(C)(C)C)[C@H](C)C1. The highest BCUT2D eigenvalue weighted by atomic mass is 19.4. The van der Waals surface area contributed by atoms with Crippen molar-refractivity contribution in [3.05, 3.63) is 29.3 Å². The van der Waals surface area contributed by atoms with Crippen LogP contribution in [0.25, 0.3) is 0 Å². The molecule has 1 heterocycles. The number of benzene rings is 1. The standard InChI is InChI=1S/C20H29F3N2O3/c1-6-27-17-8-7-16(20(21,22)23)11-15(17)13-24-9-10-25(14(2)12-24)18(26)28-19(3,4)5/h7-8,11,14H,6,9-10,12-13H2,1-5H3/t14-/m1/s1. The van der Waals surface area contributed by atoms with Crippen molar-refractivity contribution in [2.45, 2.75) is 59.0 Å². The molecule has 5 nitrogen and oxygen atoms in total. The van der Waals surface area contributed by atoms with Gasteiger partial charge in [0.1, 0.15) is 11.4 Å². The van der Waals surface area contributed by atoms with E-state index in [-0.39, 0.29) is 12.1 Å². The summed E-state index contributed by atoms with van der Waals surface area (Å²) >= 11 is 0. The van der Waals surface area contributed by atoms with Crippen LogP contribution in [0.3, 0.4) is 0 Å². The highest BCUT2D eigenvalue weighted by Gasteiger charge is 2.33. The molecule has 0 N–H and O–H groups in total. The van der Waals surface area contributed by atoms with E-state index in [4.69, 9.17) is 9.47 Å². The van der Waals surface area contributed by atoms with Crippen molar-refractivity contribution in [3.63, 3.8) is 0 Å². The van der Waals surface area contributed by atoms with Crippen LogP contribution in [0.1, 0.15) is 45.7 Å². The van der Waals surface area contributed by atoms with Crippen LogP contribution in [0, 0.1) is 0 Å². The lowest BCUT2D eigenvalue weighted by atomic mass is 10.1. The van der Waals surface area contributed by atoms with E-state index in [1.54, 1.807) is 11.8 Å². The molecule has 1 aromatic carbocycles. The summed E-state index contributed by atoms with van der Waals surface area (Å²) in [6, 6.07) is 3.46. The van der Waals surface area contributed by atoms with E-state index in [2.05, 4.69) is 0 Å². The Morgan fingerprint density at radius 2 is 1.89 bits per heavy atom. The number of nitrogens with zero attached hydrogens (tertiary/aromatic N) is 2. The zero-order chi connectivity index (χ0) is 21.1. The Balaban J connectivity index is 2.09. The van der Waals surface area contributed by atoms with Crippen molar-refractivity contribution in [2.75, 3.05) is 26.2 Å². The zero-order valence-corrected chi connectivity index (χ0v) is 17.1. The van der Waals surface area contributed by atoms with Crippen molar-refractivity contribution in [1.29, 1.82) is 0 Å². The second kappa shape index (κ2) is 8.59. The molecule has 1 amide bonds. The van der Waals surface area contributed by atoms with Gasteiger partial charge < -0.3 is 14.4 Å². The molecule has 0 bridgehead atoms. The quantitative estimate of drug-likeness (QED) is 0.741. The van der Waals surface area contributed by atoms with Gasteiger partial charge >= 0.3 is 12.3 Å². The molecule has 0 radical (unpaired) electrons. The number of hydrogen-bond acceptors (Lipinski definition) is 4. The van der Waals surface area contributed by atoms with Crippen LogP contribution in [-0.2, 0) is 17.5 Å². The number of halogens is 3. The molecule has 1 fully saturated rings. The molecule has 0 spiro atoms. The molecule has 1 saturated heterocycles. The summed E-state index contributed by atoms with van der Waals surface area (Å²) in [6.45, 7) is 11.4. The first-order chi connectivity index (χ1) is 12.9. The van der Waals surface area contributed by atoms with Crippen molar-refractivity contribution in [3.8, 4) is 5.75 Å². The molecule has 1 aliphatic rings. The minimum Gasteiger partial charge on any atom is -0.494 e. The molecule has 0 aromatic heterocycles. The fourth-order valence-electron chi connectivity index (χ4n) is 3.19. The third kappa shape index (κ3) is 6.02. The summed E-state index contributed by atoms with van der Waals surface area (Å²) in [4.78, 5) is 16.0. The van der Waals surface area contributed by atoms with Gasteiger partial charge in [-0.05, 0) is 52.8 Å². The zero-order valence-electron chi connectivity index (χ0n) is 17.1. The van der Waals surface area contributed by atoms with Gasteiger partial charge in [-0.25, -0.2) is 4.79 Å². The summed E-state index contributed by atoms with van der Waals surface area (Å²) in [5.41, 5.74) is -0.765. The number of carbonyl (C=O) groups excluding carboxylic acids is 1. The van der Waals surface area contributed by atoms with E-state index in [0.717, 1.165) is 12.1 Å². The van der Waals surface area contributed by atoms with E-state index in [1.165, 1.54) is 6.07 Å². The van der Waals surface area contributed by atoms with Gasteiger partial charge in [0.15, 0.2) is 0 Å². The number of hydrogen-bond donors (Lipinski definition) is 0. The molecule has 1 atom stereocenters. The number of amides is 1. The minimum absolute atomic E-state index is 0.107. The van der Waals surface area contributed by atoms with E-state index in [0.29, 0.717) is 44.1 Å². The van der Waals surface area contributed by atoms with Gasteiger partial charge in [-0.2, -0.15) is 13.2 Å². The van der Waals surface area contributed by atoms with E-state index < -0.39 is 17.3 Å². The third-order valence-electron chi connectivity index (χ3n) is 4.42. The Morgan fingerprint density at radius 3 is 2.43 bits per heavy atom. The Kier molecular flexibility index (Phi) is 6.85. The molecule has 2 rings (SSSR count). The van der Waals surface area contributed by atoms with Gasteiger partial charge in [0.25, 0.3) is 0 Å². The van der Waals surface area contributed by atoms with Crippen molar-refractivity contribution in [2.24, 2.45) is 0 Å². The maximum absolute atomic E-state index is 13.1. The number of rotatable bonds is 4. The lowest BCUT2D eigenvalue weighted by molar-refractivity contribution is -0.137. The second-order valence-electron chi connectivity index (χ2n) is 8.01. The molecule has 28 heavy (non-hydrogen) atoms. The Morgan fingerprint density at radius 1 is 1.21 bits per heavy atom. The van der Waals surface area contributed by atoms with Crippen LogP contribution < -0.4 is 4.74 Å². The average Bonchev–Trinajstić information content (AvgIpc) is 2.54. The highest BCUT2D eigenvalue weighted by molar-refractivity contribution is 5.68. The fourth-order valence-corrected chi connectivity index (χ4v) is 3.19. The van der Waals surface area contributed by atoms with E-state index >= 15 is 0 Å². The molecule has 1 aromatic rings. The van der Waals surface area contributed by atoms with Crippen LogP contribution >= 0.6 is 0 Å². The predicted octanol–water partition coefficient (Wildman–Crippen LogP) is 4.55. The summed E-state index contributed by atoms with van der Waals surface area (Å²) < 4.78 is 50.2. The first-order valence-electron chi connectivity index (χ1n) is 9.45. The smallest absolute Gasteiger partial charge is 0.416 e. The summed E-state index contributed by atoms with van der Waals surface area (Å²) in [6.07, 6.45) is -4.77. The van der Waals surface area contributed by atoms with Crippen molar-refractivity contribution < 1.29 is 27.4 Å². The molecule has 0 unspecified atom stereocenters. The molecular formula is C20H29F3N2O3. The number of alkyl halides is 3. The lowest BCUT2D eigenvalue weighted by Gasteiger charge is -2.40. The second-order valence-corrected chi connectivity index (χ2v) is 8.01. The largest absolute Gasteiger partial charge is 0.494 e. The summed E-state index contributed by atoms with van der Waals surface area (Å²) in [5, 5.41) is 0. The minimum atomic E-state index is -4.40. The van der Waals surface area contributed by atoms with Gasteiger partial charge in [0.2, 0.25) is 0 Å². The van der Waals surface area contributed by atoms with Crippen LogP contribution in [0.15, 0.2) is 18.2 Å². The highest BCUT2D eigenvalue weighted by Crippen LogP contribution is 2.33. The van der Waals surface area contributed by atoms with Gasteiger partial charge in [-0.15, -0.1) is 0 Å². The van der Waals surface area contributed by atoms with Gasteiger partial charge in [0.05, 0.1) is 12.2 Å². The van der Waals surface area contributed by atoms with Gasteiger partial charge in [-0.1, -0.05) is 0 Å². The predicted molar refractivity (Wildman–Crippen MR) is 100 cm³/mol.